The zero-order chi connectivity index (χ0) is 25.7. The zero-order valence-corrected chi connectivity index (χ0v) is 18.7. The number of rotatable bonds is 8. The number of methoxy groups -OCH3 is 1. The van der Waals surface area contributed by atoms with Gasteiger partial charge in [-0.1, -0.05) is 6.07 Å². The second-order valence-electron chi connectivity index (χ2n) is 7.62. The molecule has 1 aromatic rings. The summed E-state index contributed by atoms with van der Waals surface area (Å²) in [5.74, 6) is -2.42. The highest BCUT2D eigenvalue weighted by atomic mass is 19.1. The number of hydrazine groups is 1. The fraction of sp³-hybridized carbons (Fsp3) is 0.292. The van der Waals surface area contributed by atoms with Crippen LogP contribution in [0.3, 0.4) is 0 Å². The second kappa shape index (κ2) is 10.9. The molecule has 0 saturated carbocycles. The van der Waals surface area contributed by atoms with E-state index in [1.54, 1.807) is 4.90 Å². The Balaban J connectivity index is 1.95. The van der Waals surface area contributed by atoms with E-state index in [1.807, 2.05) is 11.8 Å². The largest absolute Gasteiger partial charge is 0.509 e. The number of amides is 1. The summed E-state index contributed by atoms with van der Waals surface area (Å²) in [6.45, 7) is 0.283. The first-order valence-corrected chi connectivity index (χ1v) is 10.4. The maximum atomic E-state index is 13.9. The molecule has 11 heteroatoms. The number of nitrogens with zero attached hydrogens (tertiary/aromatic N) is 2. The number of aliphatic hydroxyl groups excluding tert-OH is 1. The molecule has 2 aliphatic rings. The van der Waals surface area contributed by atoms with Gasteiger partial charge in [-0.2, -0.15) is 0 Å². The van der Waals surface area contributed by atoms with Crippen molar-refractivity contribution in [3.05, 3.63) is 58.6 Å². The molecule has 0 bridgehead atoms. The van der Waals surface area contributed by atoms with Gasteiger partial charge >= 0.3 is 0 Å². The Morgan fingerprint density at radius 3 is 2.60 bits per heavy atom. The van der Waals surface area contributed by atoms with E-state index in [1.165, 1.54) is 18.3 Å². The minimum Gasteiger partial charge on any atom is -0.509 e. The van der Waals surface area contributed by atoms with Crippen LogP contribution in [0.5, 0.6) is 0 Å². The molecule has 2 unspecified atom stereocenters. The summed E-state index contributed by atoms with van der Waals surface area (Å²) in [5, 5.41) is 14.7. The molecule has 2 atom stereocenters. The van der Waals surface area contributed by atoms with Crippen LogP contribution >= 0.6 is 0 Å². The lowest BCUT2D eigenvalue weighted by molar-refractivity contribution is -0.123. The summed E-state index contributed by atoms with van der Waals surface area (Å²) in [4.78, 5) is 39.8. The molecule has 0 aliphatic carbocycles. The molecule has 2 aliphatic heterocycles. The van der Waals surface area contributed by atoms with Gasteiger partial charge in [0.2, 0.25) is 17.5 Å². The summed E-state index contributed by atoms with van der Waals surface area (Å²) in [6.07, 6.45) is 11.8. The molecule has 1 aromatic carbocycles. The van der Waals surface area contributed by atoms with Crippen molar-refractivity contribution >= 4 is 17.5 Å². The first-order valence-electron chi connectivity index (χ1n) is 10.4. The predicted octanol–water partition coefficient (Wildman–Crippen LogP) is 0.364. The van der Waals surface area contributed by atoms with Crippen molar-refractivity contribution < 1.29 is 33.0 Å². The predicted molar refractivity (Wildman–Crippen MR) is 119 cm³/mol. The van der Waals surface area contributed by atoms with Crippen molar-refractivity contribution in [2.24, 2.45) is 5.92 Å². The summed E-state index contributed by atoms with van der Waals surface area (Å²) >= 11 is 0. The summed E-state index contributed by atoms with van der Waals surface area (Å²) < 4.78 is 32.1. The molecule has 9 nitrogen and oxygen atoms in total. The molecule has 1 saturated heterocycles. The topological polar surface area (TPSA) is 111 Å². The Kier molecular flexibility index (Phi) is 7.99. The van der Waals surface area contributed by atoms with Crippen molar-refractivity contribution in [2.75, 3.05) is 26.9 Å². The van der Waals surface area contributed by atoms with Gasteiger partial charge in [0.1, 0.15) is 29.4 Å². The van der Waals surface area contributed by atoms with Crippen molar-refractivity contribution in [3.8, 4) is 24.7 Å². The number of hydrogen-bond donors (Lipinski definition) is 3. The van der Waals surface area contributed by atoms with Crippen LogP contribution < -0.4 is 10.7 Å². The highest BCUT2D eigenvalue weighted by molar-refractivity contribution is 6.09. The average Bonchev–Trinajstić information content (AvgIpc) is 2.85. The van der Waals surface area contributed by atoms with Crippen LogP contribution in [-0.2, 0) is 25.7 Å². The lowest BCUT2D eigenvalue weighted by atomic mass is 9.86. The minimum atomic E-state index is -1.60. The van der Waals surface area contributed by atoms with E-state index in [-0.39, 0.29) is 43.2 Å². The number of hydrogen-bond acceptors (Lipinski definition) is 8. The Labute approximate surface area is 200 Å². The average molecular weight is 484 g/mol. The fourth-order valence-electron chi connectivity index (χ4n) is 3.80. The van der Waals surface area contributed by atoms with Gasteiger partial charge in [-0.3, -0.25) is 24.3 Å². The molecule has 3 N–H and O–H groups in total. The first kappa shape index (κ1) is 25.6. The number of terminal acetylenes is 2. The molecule has 35 heavy (non-hydrogen) atoms. The fourth-order valence-corrected chi connectivity index (χ4v) is 3.80. The van der Waals surface area contributed by atoms with E-state index in [4.69, 9.17) is 17.6 Å². The number of ketones is 2. The van der Waals surface area contributed by atoms with Gasteiger partial charge in [-0.25, -0.2) is 14.2 Å². The van der Waals surface area contributed by atoms with E-state index < -0.39 is 46.8 Å². The van der Waals surface area contributed by atoms with Crippen molar-refractivity contribution in [1.82, 2.24) is 20.7 Å². The lowest BCUT2D eigenvalue weighted by Gasteiger charge is -2.44. The summed E-state index contributed by atoms with van der Waals surface area (Å²) in [5.41, 5.74) is 2.62. The minimum absolute atomic E-state index is 0.000928. The molecule has 1 fully saturated rings. The van der Waals surface area contributed by atoms with E-state index in [0.29, 0.717) is 6.07 Å². The third kappa shape index (κ3) is 5.23. The first-order chi connectivity index (χ1) is 16.7. The number of fused-ring (bicyclic) bond motifs is 1. The molecule has 0 radical (unpaired) electrons. The van der Waals surface area contributed by atoms with E-state index in [9.17, 15) is 28.3 Å². The van der Waals surface area contributed by atoms with Crippen LogP contribution in [0.1, 0.15) is 5.56 Å². The quantitative estimate of drug-likeness (QED) is 0.359. The molecule has 0 aromatic heterocycles. The molecule has 182 valence electrons. The van der Waals surface area contributed by atoms with Gasteiger partial charge in [-0.15, -0.1) is 12.8 Å². The van der Waals surface area contributed by atoms with E-state index in [2.05, 4.69) is 10.7 Å². The summed E-state index contributed by atoms with van der Waals surface area (Å²) in [7, 11) is 1.48. The van der Waals surface area contributed by atoms with Gasteiger partial charge < -0.3 is 15.2 Å². The third-order valence-corrected chi connectivity index (χ3v) is 5.54. The number of aliphatic hydroxyl groups is 1. The molecule has 0 spiro atoms. The third-order valence-electron chi connectivity index (χ3n) is 5.54. The Morgan fingerprint density at radius 2 is 1.97 bits per heavy atom. The smallest absolute Gasteiger partial charge is 0.250 e. The highest BCUT2D eigenvalue weighted by Crippen LogP contribution is 2.34. The number of carbonyl (C=O) groups excluding carboxylic acids is 3. The number of Topliss-reactive ketones (excluding diaryl/α,β-unsaturated/α-hetero) is 2. The van der Waals surface area contributed by atoms with Gasteiger partial charge in [0, 0.05) is 38.0 Å². The van der Waals surface area contributed by atoms with Crippen LogP contribution in [0.25, 0.3) is 0 Å². The molecular formula is C24H22F2N4O5. The van der Waals surface area contributed by atoms with Crippen LogP contribution in [0, 0.1) is 42.2 Å². The van der Waals surface area contributed by atoms with Crippen molar-refractivity contribution in [3.63, 3.8) is 0 Å². The van der Waals surface area contributed by atoms with Gasteiger partial charge in [0.15, 0.2) is 0 Å². The Hall–Kier alpha value is -4.03. The number of halogens is 2. The number of nitrogens with one attached hydrogen (secondary N) is 2. The summed E-state index contributed by atoms with van der Waals surface area (Å²) in [6, 6.07) is 1.73. The lowest BCUT2D eigenvalue weighted by Crippen LogP contribution is -2.61. The molecule has 1 amide bonds. The normalized spacial score (nSPS) is 19.8. The standard InChI is InChI=1S/C24H22F2N4O5/c1-4-18(31)20-16(24(34)27-11-14-6-7-15(25)10-17(14)26)12-30-22(23(20)33)21(19(32)5-2)29(13-28-30)8-9-35-3/h1-2,6-7,10,12,20-21,28,33H,8-9,11,13H2,3H3,(H,27,34). The van der Waals surface area contributed by atoms with Crippen LogP contribution in [0.4, 0.5) is 8.78 Å². The number of benzene rings is 1. The Morgan fingerprint density at radius 1 is 1.26 bits per heavy atom. The monoisotopic (exact) mass is 484 g/mol. The van der Waals surface area contributed by atoms with Gasteiger partial charge in [-0.05, 0) is 17.9 Å². The number of carbonyl (C=O) groups is 3. The van der Waals surface area contributed by atoms with E-state index in [0.717, 1.165) is 12.1 Å². The number of ether oxygens (including phenoxy) is 1. The van der Waals surface area contributed by atoms with E-state index >= 15 is 0 Å². The van der Waals surface area contributed by atoms with Gasteiger partial charge in [0.25, 0.3) is 0 Å². The maximum absolute atomic E-state index is 13.9. The Bertz CT molecular complexity index is 1200. The van der Waals surface area contributed by atoms with Gasteiger partial charge in [0.05, 0.1) is 24.5 Å². The van der Waals surface area contributed by atoms with Crippen LogP contribution in [0.2, 0.25) is 0 Å². The zero-order valence-electron chi connectivity index (χ0n) is 18.7. The molecule has 2 heterocycles. The maximum Gasteiger partial charge on any atom is 0.250 e. The molecule has 3 rings (SSSR count). The number of allylic oxidation sites excluding steroid dienone is 1. The SMILES string of the molecule is C#CC(=O)C1C(C(=O)NCc2ccc(F)cc2F)=CN2NCN(CCOC)C(C(=O)C#C)C2=C1O. The second-order valence-corrected chi connectivity index (χ2v) is 7.62. The van der Waals surface area contributed by atoms with Crippen molar-refractivity contribution in [2.45, 2.75) is 12.6 Å². The van der Waals surface area contributed by atoms with Crippen LogP contribution in [-0.4, -0.2) is 65.5 Å². The highest BCUT2D eigenvalue weighted by Gasteiger charge is 2.45. The molecular weight excluding hydrogens is 462 g/mol. The van der Waals surface area contributed by atoms with Crippen molar-refractivity contribution in [1.29, 1.82) is 0 Å². The van der Waals surface area contributed by atoms with Crippen LogP contribution in [0.15, 0.2) is 41.4 Å².